The lowest BCUT2D eigenvalue weighted by Gasteiger charge is -2.22. The van der Waals surface area contributed by atoms with Gasteiger partial charge in [-0.3, -0.25) is 9.59 Å². The number of hydrogen-bond donors (Lipinski definition) is 1. The maximum atomic E-state index is 11.9. The van der Waals surface area contributed by atoms with Crippen LogP contribution < -0.4 is 5.32 Å². The minimum Gasteiger partial charge on any atom is -0.332 e. The van der Waals surface area contributed by atoms with E-state index in [1.165, 1.54) is 23.2 Å². The van der Waals surface area contributed by atoms with E-state index in [4.69, 9.17) is 0 Å². The van der Waals surface area contributed by atoms with Gasteiger partial charge in [-0.25, -0.2) is 4.98 Å². The molecule has 0 radical (unpaired) electrons. The summed E-state index contributed by atoms with van der Waals surface area (Å²) in [5.74, 6) is -0.318. The zero-order chi connectivity index (χ0) is 15.3. The van der Waals surface area contributed by atoms with Crippen molar-refractivity contribution in [3.8, 4) is 0 Å². The van der Waals surface area contributed by atoms with Gasteiger partial charge in [0.2, 0.25) is 11.8 Å². The van der Waals surface area contributed by atoms with E-state index in [-0.39, 0.29) is 18.4 Å². The van der Waals surface area contributed by atoms with Crippen LogP contribution in [0.1, 0.15) is 17.5 Å². The molecule has 0 unspecified atom stereocenters. The first-order valence-corrected chi connectivity index (χ1v) is 7.25. The minimum atomic E-state index is -0.215. The Kier molecular flexibility index (Phi) is 6.09. The molecule has 0 aliphatic carbocycles. The smallest absolute Gasteiger partial charge is 0.245 e. The number of rotatable bonds is 6. The largest absolute Gasteiger partial charge is 0.332 e. The number of likely N-dealkylation sites (N-methyl/N-ethyl adjacent to an activating group) is 1. The molecular weight excluding hydrogens is 276 g/mol. The van der Waals surface area contributed by atoms with Crippen molar-refractivity contribution in [1.29, 1.82) is 0 Å². The second kappa shape index (κ2) is 7.35. The summed E-state index contributed by atoms with van der Waals surface area (Å²) in [6, 6.07) is 0. The number of thiazole rings is 1. The topological polar surface area (TPSA) is 65.5 Å². The van der Waals surface area contributed by atoms with Crippen LogP contribution in [0.5, 0.6) is 0 Å². The molecule has 0 bridgehead atoms. The highest BCUT2D eigenvalue weighted by Gasteiger charge is 2.15. The van der Waals surface area contributed by atoms with Crippen LogP contribution in [0.3, 0.4) is 0 Å². The van der Waals surface area contributed by atoms with Crippen LogP contribution in [-0.2, 0) is 9.59 Å². The van der Waals surface area contributed by atoms with Crippen molar-refractivity contribution in [2.75, 3.05) is 39.0 Å². The molecule has 1 N–H and O–H groups in total. The fraction of sp³-hybridized carbons (Fsp3) is 0.615. The molecule has 0 atom stereocenters. The van der Waals surface area contributed by atoms with E-state index in [1.807, 2.05) is 32.8 Å². The van der Waals surface area contributed by atoms with Gasteiger partial charge in [-0.2, -0.15) is 0 Å². The van der Waals surface area contributed by atoms with Gasteiger partial charge in [-0.05, 0) is 27.9 Å². The summed E-state index contributed by atoms with van der Waals surface area (Å²) in [5, 5.41) is 3.32. The summed E-state index contributed by atoms with van der Waals surface area (Å²) in [6.45, 7) is 6.65. The van der Waals surface area contributed by atoms with Gasteiger partial charge in [0.1, 0.15) is 0 Å². The molecule has 112 valence electrons. The molecule has 0 aliphatic rings. The molecule has 0 aromatic carbocycles. The predicted octanol–water partition coefficient (Wildman–Crippen LogP) is 1.11. The summed E-state index contributed by atoms with van der Waals surface area (Å²) >= 11 is 1.44. The van der Waals surface area contributed by atoms with Crippen LogP contribution in [0.4, 0.5) is 5.13 Å². The fourth-order valence-electron chi connectivity index (χ4n) is 1.53. The van der Waals surface area contributed by atoms with Gasteiger partial charge in [-0.1, -0.05) is 0 Å². The van der Waals surface area contributed by atoms with E-state index in [0.717, 1.165) is 17.1 Å². The molecule has 0 spiro atoms. The second-order valence-electron chi connectivity index (χ2n) is 4.95. The molecule has 1 aromatic rings. The van der Waals surface area contributed by atoms with Crippen LogP contribution in [0.2, 0.25) is 0 Å². The normalized spacial score (nSPS) is 10.7. The van der Waals surface area contributed by atoms with Crippen molar-refractivity contribution in [2.24, 2.45) is 0 Å². The maximum Gasteiger partial charge on any atom is 0.245 e. The van der Waals surface area contributed by atoms with Crippen molar-refractivity contribution >= 4 is 28.3 Å². The predicted molar refractivity (Wildman–Crippen MR) is 81.0 cm³/mol. The van der Waals surface area contributed by atoms with E-state index in [9.17, 15) is 9.59 Å². The molecule has 1 heterocycles. The molecule has 0 fully saturated rings. The van der Waals surface area contributed by atoms with Gasteiger partial charge in [0.25, 0.3) is 0 Å². The van der Waals surface area contributed by atoms with E-state index in [1.54, 1.807) is 0 Å². The molecule has 1 aromatic heterocycles. The van der Waals surface area contributed by atoms with Crippen LogP contribution in [0.25, 0.3) is 0 Å². The summed E-state index contributed by atoms with van der Waals surface area (Å²) in [6.07, 6.45) is 0. The number of aryl methyl sites for hydroxylation is 2. The second-order valence-corrected chi connectivity index (χ2v) is 6.16. The van der Waals surface area contributed by atoms with Crippen LogP contribution in [0, 0.1) is 13.8 Å². The van der Waals surface area contributed by atoms with Crippen molar-refractivity contribution < 1.29 is 9.59 Å². The number of nitrogens with zero attached hydrogens (tertiary/aromatic N) is 3. The zero-order valence-corrected chi connectivity index (χ0v) is 13.5. The molecule has 2 amide bonds. The number of aromatic nitrogens is 1. The Morgan fingerprint density at radius 2 is 1.90 bits per heavy atom. The van der Waals surface area contributed by atoms with Crippen molar-refractivity contribution in [3.05, 3.63) is 10.6 Å². The van der Waals surface area contributed by atoms with E-state index >= 15 is 0 Å². The first-order chi connectivity index (χ1) is 9.29. The standard InChI is InChI=1S/C13H22N4O2S/c1-9-10(2)20-13(14-9)15-12(19)8-17(11(3)18)7-6-16(4)5/h6-8H2,1-5H3,(H,14,15,19). The average molecular weight is 298 g/mol. The van der Waals surface area contributed by atoms with E-state index < -0.39 is 0 Å². The number of anilines is 1. The quantitative estimate of drug-likeness (QED) is 0.854. The first kappa shape index (κ1) is 16.6. The lowest BCUT2D eigenvalue weighted by atomic mass is 10.4. The third-order valence-electron chi connectivity index (χ3n) is 2.87. The number of carbonyl (C=O) groups excluding carboxylic acids is 2. The maximum absolute atomic E-state index is 11.9. The Morgan fingerprint density at radius 1 is 1.25 bits per heavy atom. The Hall–Kier alpha value is -1.47. The van der Waals surface area contributed by atoms with Crippen molar-refractivity contribution in [1.82, 2.24) is 14.8 Å². The zero-order valence-electron chi connectivity index (χ0n) is 12.7. The Bertz CT molecular complexity index is 465. The first-order valence-electron chi connectivity index (χ1n) is 6.43. The molecule has 20 heavy (non-hydrogen) atoms. The van der Waals surface area contributed by atoms with E-state index in [0.29, 0.717) is 11.7 Å². The molecular formula is C13H22N4O2S. The van der Waals surface area contributed by atoms with Gasteiger partial charge in [-0.15, -0.1) is 11.3 Å². The van der Waals surface area contributed by atoms with Crippen LogP contribution in [-0.4, -0.2) is 60.3 Å². The van der Waals surface area contributed by atoms with Crippen molar-refractivity contribution in [2.45, 2.75) is 20.8 Å². The summed E-state index contributed by atoms with van der Waals surface area (Å²) in [5.41, 5.74) is 0.918. The van der Waals surface area contributed by atoms with Crippen LogP contribution in [0.15, 0.2) is 0 Å². The average Bonchev–Trinajstić information content (AvgIpc) is 2.62. The third kappa shape index (κ3) is 5.26. The lowest BCUT2D eigenvalue weighted by molar-refractivity contribution is -0.132. The van der Waals surface area contributed by atoms with Gasteiger partial charge >= 0.3 is 0 Å². The Morgan fingerprint density at radius 3 is 2.35 bits per heavy atom. The molecule has 7 heteroatoms. The molecule has 1 rings (SSSR count). The Balaban J connectivity index is 2.55. The Labute approximate surface area is 123 Å². The summed E-state index contributed by atoms with van der Waals surface area (Å²) in [4.78, 5) is 32.3. The fourth-order valence-corrected chi connectivity index (χ4v) is 2.36. The van der Waals surface area contributed by atoms with Gasteiger partial charge in [0.15, 0.2) is 5.13 Å². The third-order valence-corrected chi connectivity index (χ3v) is 3.86. The van der Waals surface area contributed by atoms with Crippen molar-refractivity contribution in [3.63, 3.8) is 0 Å². The highest BCUT2D eigenvalue weighted by Crippen LogP contribution is 2.20. The van der Waals surface area contributed by atoms with Gasteiger partial charge < -0.3 is 15.1 Å². The number of hydrogen-bond acceptors (Lipinski definition) is 5. The number of amides is 2. The number of carbonyl (C=O) groups is 2. The SMILES string of the molecule is CC(=O)N(CCN(C)C)CC(=O)Nc1nc(C)c(C)s1. The van der Waals surface area contributed by atoms with Crippen LogP contribution >= 0.6 is 11.3 Å². The monoisotopic (exact) mass is 298 g/mol. The summed E-state index contributed by atoms with van der Waals surface area (Å²) < 4.78 is 0. The summed E-state index contributed by atoms with van der Waals surface area (Å²) in [7, 11) is 3.86. The minimum absolute atomic E-state index is 0.0564. The van der Waals surface area contributed by atoms with E-state index in [2.05, 4.69) is 10.3 Å². The molecule has 0 aliphatic heterocycles. The lowest BCUT2D eigenvalue weighted by Crippen LogP contribution is -2.40. The highest BCUT2D eigenvalue weighted by atomic mass is 32.1. The van der Waals surface area contributed by atoms with Gasteiger partial charge in [0, 0.05) is 24.9 Å². The molecule has 0 saturated heterocycles. The highest BCUT2D eigenvalue weighted by molar-refractivity contribution is 7.15. The van der Waals surface area contributed by atoms with Gasteiger partial charge in [0.05, 0.1) is 12.2 Å². The number of nitrogens with one attached hydrogen (secondary N) is 1. The molecule has 6 nitrogen and oxygen atoms in total. The molecule has 0 saturated carbocycles.